The van der Waals surface area contributed by atoms with E-state index in [4.69, 9.17) is 5.73 Å². The fourth-order valence-electron chi connectivity index (χ4n) is 6.84. The predicted molar refractivity (Wildman–Crippen MR) is 164 cm³/mol. The Bertz CT molecular complexity index is 1230. The Morgan fingerprint density at radius 2 is 1.38 bits per heavy atom. The SMILES string of the molecule is CN1CCC(N2CC(C)(C)c3ccc(N)cc32)CC1.CN1CCN(N2CC(C)(C)c3ccc([N+](=O)[O-])cc32)CC1. The van der Waals surface area contributed by atoms with Crippen molar-refractivity contribution in [2.24, 2.45) is 0 Å². The van der Waals surface area contributed by atoms with Gasteiger partial charge in [-0.3, -0.25) is 10.1 Å². The molecule has 0 amide bonds. The summed E-state index contributed by atoms with van der Waals surface area (Å²) in [4.78, 5) is 18.1. The van der Waals surface area contributed by atoms with Crippen molar-refractivity contribution in [2.45, 2.75) is 57.4 Å². The molecule has 2 N–H and O–H groups in total. The van der Waals surface area contributed by atoms with Crippen LogP contribution in [-0.2, 0) is 10.8 Å². The van der Waals surface area contributed by atoms with Crippen molar-refractivity contribution in [1.82, 2.24) is 14.8 Å². The molecular weight excluding hydrogens is 502 g/mol. The van der Waals surface area contributed by atoms with Crippen molar-refractivity contribution in [2.75, 3.05) is 82.1 Å². The fourth-order valence-corrected chi connectivity index (χ4v) is 6.84. The van der Waals surface area contributed by atoms with E-state index in [0.29, 0.717) is 6.04 Å². The number of nitro benzene ring substituents is 1. The van der Waals surface area contributed by atoms with Crippen LogP contribution in [0.15, 0.2) is 36.4 Å². The van der Waals surface area contributed by atoms with Crippen molar-refractivity contribution in [3.8, 4) is 0 Å². The first-order chi connectivity index (χ1) is 18.9. The van der Waals surface area contributed by atoms with Crippen LogP contribution in [0.4, 0.5) is 22.7 Å². The smallest absolute Gasteiger partial charge is 0.271 e. The topological polar surface area (TPSA) is 85.4 Å². The van der Waals surface area contributed by atoms with Crippen LogP contribution < -0.4 is 15.6 Å². The second-order valence-corrected chi connectivity index (χ2v) is 13.5. The number of nitrogens with zero attached hydrogens (tertiary/aromatic N) is 6. The average molecular weight is 550 g/mol. The van der Waals surface area contributed by atoms with Crippen molar-refractivity contribution in [3.63, 3.8) is 0 Å². The van der Waals surface area contributed by atoms with Gasteiger partial charge in [0, 0.05) is 79.6 Å². The number of piperidine rings is 1. The summed E-state index contributed by atoms with van der Waals surface area (Å²) in [6.07, 6.45) is 2.53. The largest absolute Gasteiger partial charge is 0.399 e. The van der Waals surface area contributed by atoms with Gasteiger partial charge >= 0.3 is 0 Å². The number of benzene rings is 2. The Morgan fingerprint density at radius 1 is 0.800 bits per heavy atom. The molecule has 0 saturated carbocycles. The van der Waals surface area contributed by atoms with Crippen LogP contribution in [0.25, 0.3) is 0 Å². The summed E-state index contributed by atoms with van der Waals surface area (Å²) in [5, 5.41) is 15.6. The van der Waals surface area contributed by atoms with E-state index in [-0.39, 0.29) is 21.4 Å². The normalized spacial score (nSPS) is 22.9. The molecule has 2 fully saturated rings. The zero-order valence-electron chi connectivity index (χ0n) is 25.2. The summed E-state index contributed by atoms with van der Waals surface area (Å²) in [6.45, 7) is 17.5. The molecule has 0 aromatic heterocycles. The van der Waals surface area contributed by atoms with Crippen LogP contribution in [0.3, 0.4) is 0 Å². The van der Waals surface area contributed by atoms with Gasteiger partial charge in [-0.05, 0) is 69.4 Å². The van der Waals surface area contributed by atoms with E-state index in [9.17, 15) is 10.1 Å². The van der Waals surface area contributed by atoms with Crippen LogP contribution in [0, 0.1) is 10.1 Å². The van der Waals surface area contributed by atoms with Gasteiger partial charge in [0.1, 0.15) is 0 Å². The maximum atomic E-state index is 11.1. The molecule has 0 atom stereocenters. The number of nitrogens with two attached hydrogens (primary N) is 1. The summed E-state index contributed by atoms with van der Waals surface area (Å²) in [5.41, 5.74) is 12.4. The summed E-state index contributed by atoms with van der Waals surface area (Å²) < 4.78 is 0. The van der Waals surface area contributed by atoms with Crippen molar-refractivity contribution in [3.05, 3.63) is 57.6 Å². The van der Waals surface area contributed by atoms with Crippen molar-refractivity contribution in [1.29, 1.82) is 0 Å². The Labute approximate surface area is 239 Å². The zero-order chi connectivity index (χ0) is 28.8. The Morgan fingerprint density at radius 3 is 2.02 bits per heavy atom. The maximum Gasteiger partial charge on any atom is 0.271 e. The number of hydrazine groups is 1. The average Bonchev–Trinajstić information content (AvgIpc) is 3.33. The molecule has 0 bridgehead atoms. The molecule has 4 heterocycles. The molecule has 9 heteroatoms. The van der Waals surface area contributed by atoms with Gasteiger partial charge in [0.2, 0.25) is 0 Å². The number of hydrogen-bond donors (Lipinski definition) is 1. The summed E-state index contributed by atoms with van der Waals surface area (Å²) in [6, 6.07) is 12.4. The molecule has 2 aromatic carbocycles. The fraction of sp³-hybridized carbons (Fsp3) is 0.613. The first-order valence-electron chi connectivity index (χ1n) is 14.7. The molecule has 0 spiro atoms. The van der Waals surface area contributed by atoms with Gasteiger partial charge in [-0.2, -0.15) is 0 Å². The minimum absolute atomic E-state index is 0.0216. The molecule has 218 valence electrons. The highest BCUT2D eigenvalue weighted by atomic mass is 16.6. The number of anilines is 3. The highest BCUT2D eigenvalue weighted by Crippen LogP contribution is 2.44. The van der Waals surface area contributed by atoms with Crippen LogP contribution >= 0.6 is 0 Å². The number of nitrogen functional groups attached to an aromatic ring is 1. The first-order valence-corrected chi connectivity index (χ1v) is 14.7. The second kappa shape index (κ2) is 10.8. The lowest BCUT2D eigenvalue weighted by Gasteiger charge is -2.40. The van der Waals surface area contributed by atoms with E-state index in [0.717, 1.165) is 50.6 Å². The number of hydrogen-bond acceptors (Lipinski definition) is 8. The van der Waals surface area contributed by atoms with E-state index >= 15 is 0 Å². The minimum Gasteiger partial charge on any atom is -0.399 e. The molecule has 40 heavy (non-hydrogen) atoms. The number of likely N-dealkylation sites (N-methyl/N-ethyl adjacent to an activating group) is 1. The monoisotopic (exact) mass is 549 g/mol. The number of rotatable bonds is 3. The lowest BCUT2D eigenvalue weighted by Crippen LogP contribution is -2.53. The number of likely N-dealkylation sites (tertiary alicyclic amines) is 1. The Balaban J connectivity index is 0.000000162. The molecule has 4 aliphatic heterocycles. The van der Waals surface area contributed by atoms with Gasteiger partial charge in [-0.15, -0.1) is 0 Å². The van der Waals surface area contributed by atoms with Crippen LogP contribution in [0.1, 0.15) is 51.7 Å². The van der Waals surface area contributed by atoms with E-state index in [2.05, 4.69) is 78.6 Å². The highest BCUT2D eigenvalue weighted by molar-refractivity contribution is 5.68. The lowest BCUT2D eigenvalue weighted by molar-refractivity contribution is -0.384. The van der Waals surface area contributed by atoms with Gasteiger partial charge in [-0.1, -0.05) is 33.8 Å². The van der Waals surface area contributed by atoms with Gasteiger partial charge < -0.3 is 25.4 Å². The molecule has 4 aliphatic rings. The molecular formula is C31H47N7O2. The molecule has 2 aromatic rings. The van der Waals surface area contributed by atoms with Gasteiger partial charge in [0.05, 0.1) is 10.6 Å². The number of nitro groups is 1. The van der Waals surface area contributed by atoms with E-state index < -0.39 is 0 Å². The summed E-state index contributed by atoms with van der Waals surface area (Å²) in [7, 11) is 4.35. The summed E-state index contributed by atoms with van der Waals surface area (Å²) >= 11 is 0. The summed E-state index contributed by atoms with van der Waals surface area (Å²) in [5.74, 6) is 0. The van der Waals surface area contributed by atoms with Gasteiger partial charge in [0.25, 0.3) is 5.69 Å². The number of fused-ring (bicyclic) bond motifs is 2. The van der Waals surface area contributed by atoms with Crippen molar-refractivity contribution >= 4 is 22.7 Å². The molecule has 6 rings (SSSR count). The molecule has 9 nitrogen and oxygen atoms in total. The van der Waals surface area contributed by atoms with E-state index in [1.54, 1.807) is 12.1 Å². The first kappa shape index (κ1) is 28.6. The third-order valence-corrected chi connectivity index (χ3v) is 9.32. The lowest BCUT2D eigenvalue weighted by atomic mass is 9.87. The number of piperazine rings is 1. The maximum absolute atomic E-state index is 11.1. The predicted octanol–water partition coefficient (Wildman–Crippen LogP) is 4.32. The Kier molecular flexibility index (Phi) is 7.76. The van der Waals surface area contributed by atoms with Crippen LogP contribution in [-0.4, -0.2) is 92.2 Å². The molecule has 0 aliphatic carbocycles. The highest BCUT2D eigenvalue weighted by Gasteiger charge is 2.40. The van der Waals surface area contributed by atoms with Gasteiger partial charge in [0.15, 0.2) is 0 Å². The minimum atomic E-state index is -0.312. The van der Waals surface area contributed by atoms with E-state index in [1.165, 1.54) is 42.7 Å². The van der Waals surface area contributed by atoms with Crippen LogP contribution in [0.2, 0.25) is 0 Å². The molecule has 0 unspecified atom stereocenters. The zero-order valence-corrected chi connectivity index (χ0v) is 25.2. The van der Waals surface area contributed by atoms with Crippen molar-refractivity contribution < 1.29 is 4.92 Å². The molecule has 2 saturated heterocycles. The second-order valence-electron chi connectivity index (χ2n) is 13.5. The number of non-ortho nitro benzene ring substituents is 1. The van der Waals surface area contributed by atoms with Crippen LogP contribution in [0.5, 0.6) is 0 Å². The quantitative estimate of drug-likeness (QED) is 0.344. The molecule has 0 radical (unpaired) electrons. The van der Waals surface area contributed by atoms with E-state index in [1.807, 2.05) is 12.1 Å². The van der Waals surface area contributed by atoms with Gasteiger partial charge in [-0.25, -0.2) is 5.01 Å². The Hall–Kier alpha value is -2.88. The standard InChI is InChI=1S/C16H25N3.C15H22N4O2/c1-16(2)11-19(13-6-8-18(3)9-7-13)15-10-12(17)4-5-14(15)16;1-15(2)11-18(17-8-6-16(3)7-9-17)14-10-12(19(20)21)4-5-13(14)15/h4-5,10,13H,6-9,11,17H2,1-3H3;4-5,10H,6-9,11H2,1-3H3. The third kappa shape index (κ3) is 5.64. The third-order valence-electron chi connectivity index (χ3n) is 9.32.